The van der Waals surface area contributed by atoms with E-state index in [0.29, 0.717) is 0 Å². The third kappa shape index (κ3) is 5.77. The largest absolute Gasteiger partial charge is 0.488 e. The summed E-state index contributed by atoms with van der Waals surface area (Å²) >= 11 is 0. The number of halogens is 1. The molecule has 1 N–H and O–H groups in total. The molecular formula is CH2BClO4S. The number of rotatable bonds is 2. The molecule has 0 rings (SSSR count). The summed E-state index contributed by atoms with van der Waals surface area (Å²) in [5, 5.41) is 7.79. The quantitative estimate of drug-likeness (QED) is 0.435. The second-order valence-corrected chi connectivity index (χ2v) is 3.85. The first-order valence-electron chi connectivity index (χ1n) is 1.56. The Labute approximate surface area is 51.0 Å². The lowest BCUT2D eigenvalue weighted by Gasteiger charge is -1.81. The van der Waals surface area contributed by atoms with Crippen LogP contribution in [0.4, 0.5) is 4.79 Å². The van der Waals surface area contributed by atoms with E-state index in [1.807, 2.05) is 0 Å². The van der Waals surface area contributed by atoms with Crippen LogP contribution in [-0.2, 0) is 8.90 Å². The monoisotopic (exact) mass is 156 g/mol. The Balaban J connectivity index is 3.95. The molecule has 0 saturated heterocycles. The van der Waals surface area contributed by atoms with Crippen molar-refractivity contribution in [2.45, 2.75) is 0 Å². The summed E-state index contributed by atoms with van der Waals surface area (Å²) in [7, 11) is 0.669. The first-order valence-corrected chi connectivity index (χ1v) is 4.04. The summed E-state index contributed by atoms with van der Waals surface area (Å²) in [6, 6.07) is 0. The smallest absolute Gasteiger partial charge is 0.424 e. The Kier molecular flexibility index (Phi) is 2.30. The van der Waals surface area contributed by atoms with Crippen LogP contribution in [-0.4, -0.2) is 26.0 Å². The molecule has 0 radical (unpaired) electrons. The summed E-state index contributed by atoms with van der Waals surface area (Å²) in [5.41, 5.74) is 0. The highest BCUT2D eigenvalue weighted by molar-refractivity contribution is 8.34. The highest BCUT2D eigenvalue weighted by Crippen LogP contribution is 1.91. The molecule has 0 spiro atoms. The molecule has 0 atom stereocenters. The van der Waals surface area contributed by atoms with Crippen molar-refractivity contribution in [1.29, 1.82) is 0 Å². The molecule has 0 aromatic carbocycles. The maximum atomic E-state index is 9.83. The molecule has 8 heavy (non-hydrogen) atoms. The molecule has 0 aliphatic rings. The maximum Gasteiger partial charge on any atom is 0.424 e. The number of carbonyl (C=O) groups is 1. The van der Waals surface area contributed by atoms with Gasteiger partial charge in [0.05, 0.1) is 0 Å². The van der Waals surface area contributed by atoms with Crippen LogP contribution in [0.2, 0.25) is 0 Å². The summed E-state index contributed by atoms with van der Waals surface area (Å²) in [4.78, 5) is 9.55. The van der Waals surface area contributed by atoms with Gasteiger partial charge in [0.25, 0.3) is 5.87 Å². The topological polar surface area (TPSA) is 71.4 Å². The van der Waals surface area contributed by atoms with Crippen molar-refractivity contribution >= 4 is 32.0 Å². The SMILES string of the molecule is O=C(O)BS(=O)(=O)Cl. The normalized spacial score (nSPS) is 10.6. The minimum atomic E-state index is -3.85. The second-order valence-electron chi connectivity index (χ2n) is 1.08. The number of hydrogen-bond donors (Lipinski definition) is 1. The van der Waals surface area contributed by atoms with E-state index in [-0.39, 0.29) is 0 Å². The zero-order chi connectivity index (χ0) is 6.78. The minimum absolute atomic E-state index is 1.02. The van der Waals surface area contributed by atoms with Gasteiger partial charge in [-0.05, 0) is 0 Å². The number of hydrogen-bond acceptors (Lipinski definition) is 3. The maximum absolute atomic E-state index is 9.83. The average molecular weight is 156 g/mol. The molecule has 46 valence electrons. The summed E-state index contributed by atoms with van der Waals surface area (Å²) in [6.45, 7) is -1.02. The molecule has 0 aromatic rings. The zero-order valence-corrected chi connectivity index (χ0v) is 5.24. The third-order valence-corrected chi connectivity index (χ3v) is 1.21. The van der Waals surface area contributed by atoms with Crippen LogP contribution in [0, 0.1) is 0 Å². The van der Waals surface area contributed by atoms with Crippen molar-refractivity contribution < 1.29 is 18.3 Å². The Bertz CT molecular complexity index is 182. The van der Waals surface area contributed by atoms with Crippen LogP contribution >= 0.6 is 10.7 Å². The zero-order valence-electron chi connectivity index (χ0n) is 3.67. The van der Waals surface area contributed by atoms with Gasteiger partial charge in [-0.3, -0.25) is 4.79 Å². The molecule has 0 saturated carbocycles. The van der Waals surface area contributed by atoms with Gasteiger partial charge in [0.2, 0.25) is 0 Å². The van der Waals surface area contributed by atoms with E-state index in [1.165, 1.54) is 0 Å². The molecule has 0 aliphatic heterocycles. The van der Waals surface area contributed by atoms with E-state index in [1.54, 1.807) is 0 Å². The predicted molar refractivity (Wildman–Crippen MR) is 29.9 cm³/mol. The lowest BCUT2D eigenvalue weighted by atomic mass is 10.1. The van der Waals surface area contributed by atoms with Gasteiger partial charge in [-0.2, -0.15) is 0 Å². The van der Waals surface area contributed by atoms with Crippen LogP contribution in [0.5, 0.6) is 0 Å². The highest BCUT2D eigenvalue weighted by Gasteiger charge is 2.15. The average Bonchev–Trinajstić information content (AvgIpc) is 1.21. The van der Waals surface area contributed by atoms with Gasteiger partial charge in [-0.25, -0.2) is 8.42 Å². The fraction of sp³-hybridized carbons (Fsp3) is 0. The van der Waals surface area contributed by atoms with Gasteiger partial charge in [0.15, 0.2) is 8.90 Å². The van der Waals surface area contributed by atoms with E-state index >= 15 is 0 Å². The number of carboxylic acid groups (broad SMARTS) is 1. The first kappa shape index (κ1) is 7.77. The summed E-state index contributed by atoms with van der Waals surface area (Å²) in [6.07, 6.45) is 0. The van der Waals surface area contributed by atoms with Crippen molar-refractivity contribution in [2.75, 3.05) is 0 Å². The van der Waals surface area contributed by atoms with E-state index in [2.05, 4.69) is 10.7 Å². The Morgan fingerprint density at radius 3 is 2.00 bits per heavy atom. The van der Waals surface area contributed by atoms with Gasteiger partial charge in [-0.15, -0.1) is 0 Å². The fourth-order valence-corrected chi connectivity index (χ4v) is 0.722. The lowest BCUT2D eigenvalue weighted by Crippen LogP contribution is -2.12. The van der Waals surface area contributed by atoms with E-state index < -0.39 is 21.3 Å². The van der Waals surface area contributed by atoms with Gasteiger partial charge in [0, 0.05) is 10.7 Å². The van der Waals surface area contributed by atoms with Gasteiger partial charge in [0.1, 0.15) is 0 Å². The Morgan fingerprint density at radius 1 is 1.62 bits per heavy atom. The van der Waals surface area contributed by atoms with Crippen molar-refractivity contribution in [3.8, 4) is 0 Å². The second kappa shape index (κ2) is 2.36. The van der Waals surface area contributed by atoms with Crippen molar-refractivity contribution in [1.82, 2.24) is 0 Å². The summed E-state index contributed by atoms with van der Waals surface area (Å²) in [5.74, 6) is -1.44. The van der Waals surface area contributed by atoms with Crippen molar-refractivity contribution in [3.05, 3.63) is 0 Å². The van der Waals surface area contributed by atoms with E-state index in [4.69, 9.17) is 5.11 Å². The fourth-order valence-electron chi connectivity index (χ4n) is 0.147. The van der Waals surface area contributed by atoms with Gasteiger partial charge >= 0.3 is 6.56 Å². The molecule has 0 amide bonds. The highest BCUT2D eigenvalue weighted by atomic mass is 35.7. The standard InChI is InChI=1S/CH2BClO4S/c3-8(6,7)2-1(4)5/h2H,(H,4,5). The van der Waals surface area contributed by atoms with E-state index in [9.17, 15) is 13.2 Å². The van der Waals surface area contributed by atoms with Crippen LogP contribution in [0.25, 0.3) is 0 Å². The Hall–Kier alpha value is -0.225. The molecule has 0 bridgehead atoms. The van der Waals surface area contributed by atoms with Gasteiger partial charge < -0.3 is 5.11 Å². The molecule has 0 heterocycles. The lowest BCUT2D eigenvalue weighted by molar-refractivity contribution is 0.220. The first-order chi connectivity index (χ1) is 3.42. The van der Waals surface area contributed by atoms with Crippen LogP contribution in [0.1, 0.15) is 0 Å². The Morgan fingerprint density at radius 2 is 2.00 bits per heavy atom. The molecule has 4 nitrogen and oxygen atoms in total. The molecule has 0 aromatic heterocycles. The molecule has 0 fully saturated rings. The van der Waals surface area contributed by atoms with Gasteiger partial charge in [-0.1, -0.05) is 0 Å². The molecular weight excluding hydrogens is 154 g/mol. The molecule has 7 heteroatoms. The van der Waals surface area contributed by atoms with Crippen LogP contribution < -0.4 is 0 Å². The molecule has 0 unspecified atom stereocenters. The third-order valence-electron chi connectivity index (χ3n) is 0.296. The predicted octanol–water partition coefficient (Wildman–Crippen LogP) is -0.415. The van der Waals surface area contributed by atoms with Crippen LogP contribution in [0.15, 0.2) is 0 Å². The summed E-state index contributed by atoms with van der Waals surface area (Å²) < 4.78 is 19.7. The van der Waals surface area contributed by atoms with E-state index in [0.717, 1.165) is 0 Å². The van der Waals surface area contributed by atoms with Crippen LogP contribution in [0.3, 0.4) is 0 Å². The van der Waals surface area contributed by atoms with Crippen molar-refractivity contribution in [3.63, 3.8) is 0 Å². The molecule has 0 aliphatic carbocycles. The van der Waals surface area contributed by atoms with Crippen molar-refractivity contribution in [2.24, 2.45) is 0 Å². The minimum Gasteiger partial charge on any atom is -0.488 e.